The van der Waals surface area contributed by atoms with Crippen LogP contribution in [0, 0.1) is 6.92 Å². The fourth-order valence-corrected chi connectivity index (χ4v) is 4.44. The molecule has 3 heterocycles. The van der Waals surface area contributed by atoms with E-state index in [4.69, 9.17) is 4.42 Å². The van der Waals surface area contributed by atoms with Crippen molar-refractivity contribution in [3.63, 3.8) is 0 Å². The molecule has 0 bridgehead atoms. The van der Waals surface area contributed by atoms with Gasteiger partial charge in [-0.3, -0.25) is 19.1 Å². The van der Waals surface area contributed by atoms with Crippen molar-refractivity contribution in [3.05, 3.63) is 41.1 Å². The fraction of sp³-hybridized carbons (Fsp3) is 0.565. The molecular weight excluding hydrogens is 410 g/mol. The Morgan fingerprint density at radius 3 is 2.59 bits per heavy atom. The average molecular weight is 442 g/mol. The van der Waals surface area contributed by atoms with Gasteiger partial charge in [-0.05, 0) is 38.8 Å². The number of carbonyl (C=O) groups excluding carboxylic acids is 3. The maximum atomic E-state index is 13.2. The molecular formula is C23H31N5O4. The number of hydrogen-bond acceptors (Lipinski definition) is 5. The largest absolute Gasteiger partial charge is 0.465 e. The van der Waals surface area contributed by atoms with E-state index in [9.17, 15) is 14.4 Å². The van der Waals surface area contributed by atoms with Crippen molar-refractivity contribution >= 4 is 17.7 Å². The molecule has 1 aliphatic carbocycles. The number of nitrogens with zero attached hydrogens (tertiary/aromatic N) is 3. The van der Waals surface area contributed by atoms with Crippen LogP contribution in [0.25, 0.3) is 0 Å². The van der Waals surface area contributed by atoms with E-state index < -0.39 is 11.4 Å². The zero-order valence-corrected chi connectivity index (χ0v) is 18.9. The SMILES string of the molecule is Cc1ccc(CNC(=O)c2cc3n(n2)CC(C)(C(=O)NC2CCCCCC2)N(C)C3=O)o1. The fourth-order valence-electron chi connectivity index (χ4n) is 4.44. The first kappa shape index (κ1) is 22.1. The summed E-state index contributed by atoms with van der Waals surface area (Å²) in [5.41, 5.74) is -0.647. The molecule has 32 heavy (non-hydrogen) atoms. The van der Waals surface area contributed by atoms with Gasteiger partial charge in [0.1, 0.15) is 22.8 Å². The van der Waals surface area contributed by atoms with Gasteiger partial charge in [-0.25, -0.2) is 0 Å². The van der Waals surface area contributed by atoms with Crippen LogP contribution in [-0.2, 0) is 17.9 Å². The zero-order chi connectivity index (χ0) is 22.9. The predicted molar refractivity (Wildman–Crippen MR) is 117 cm³/mol. The highest BCUT2D eigenvalue weighted by atomic mass is 16.3. The highest BCUT2D eigenvalue weighted by molar-refractivity contribution is 6.01. The number of carbonyl (C=O) groups is 3. The van der Waals surface area contributed by atoms with Gasteiger partial charge in [0.25, 0.3) is 11.8 Å². The summed E-state index contributed by atoms with van der Waals surface area (Å²) in [4.78, 5) is 40.3. The molecule has 2 aromatic heterocycles. The van der Waals surface area contributed by atoms with E-state index in [0.717, 1.165) is 31.4 Å². The average Bonchev–Trinajstić information content (AvgIpc) is 3.29. The molecule has 4 rings (SSSR count). The summed E-state index contributed by atoms with van der Waals surface area (Å²) in [5.74, 6) is 0.490. The number of nitrogens with one attached hydrogen (secondary N) is 2. The molecule has 2 aromatic rings. The molecule has 0 saturated heterocycles. The molecule has 0 aromatic carbocycles. The van der Waals surface area contributed by atoms with Crippen molar-refractivity contribution in [2.24, 2.45) is 0 Å². The smallest absolute Gasteiger partial charge is 0.272 e. The van der Waals surface area contributed by atoms with E-state index in [1.807, 2.05) is 13.0 Å². The van der Waals surface area contributed by atoms with E-state index in [1.165, 1.54) is 28.5 Å². The number of amides is 3. The molecule has 1 aliphatic heterocycles. The number of hydrogen-bond donors (Lipinski definition) is 2. The van der Waals surface area contributed by atoms with Crippen molar-refractivity contribution in [2.75, 3.05) is 7.05 Å². The van der Waals surface area contributed by atoms with Gasteiger partial charge in [0.05, 0.1) is 13.1 Å². The molecule has 1 unspecified atom stereocenters. The van der Waals surface area contributed by atoms with Crippen LogP contribution in [0.5, 0.6) is 0 Å². The van der Waals surface area contributed by atoms with Crippen LogP contribution in [0.15, 0.2) is 22.6 Å². The lowest BCUT2D eigenvalue weighted by Gasteiger charge is -2.41. The molecule has 1 atom stereocenters. The number of likely N-dealkylation sites (N-methyl/N-ethyl adjacent to an activating group) is 1. The maximum Gasteiger partial charge on any atom is 0.272 e. The summed E-state index contributed by atoms with van der Waals surface area (Å²) in [6.07, 6.45) is 6.54. The Kier molecular flexibility index (Phi) is 6.08. The first-order valence-electron chi connectivity index (χ1n) is 11.3. The van der Waals surface area contributed by atoms with Gasteiger partial charge >= 0.3 is 0 Å². The molecule has 9 nitrogen and oxygen atoms in total. The molecule has 0 radical (unpaired) electrons. The van der Waals surface area contributed by atoms with Crippen molar-refractivity contribution in [3.8, 4) is 0 Å². The van der Waals surface area contributed by atoms with E-state index in [1.54, 1.807) is 20.0 Å². The van der Waals surface area contributed by atoms with Crippen molar-refractivity contribution in [2.45, 2.75) is 77.0 Å². The quantitative estimate of drug-likeness (QED) is 0.693. The normalized spacial score (nSPS) is 21.7. The predicted octanol–water partition coefficient (Wildman–Crippen LogP) is 2.40. The second-order valence-electron chi connectivity index (χ2n) is 9.07. The highest BCUT2D eigenvalue weighted by Gasteiger charge is 2.46. The van der Waals surface area contributed by atoms with Crippen LogP contribution in [0.4, 0.5) is 0 Å². The van der Waals surface area contributed by atoms with Crippen LogP contribution in [0.3, 0.4) is 0 Å². The first-order chi connectivity index (χ1) is 15.3. The van der Waals surface area contributed by atoms with Gasteiger partial charge < -0.3 is 20.0 Å². The number of rotatable bonds is 5. The van der Waals surface area contributed by atoms with Gasteiger partial charge in [-0.15, -0.1) is 0 Å². The lowest BCUT2D eigenvalue weighted by molar-refractivity contribution is -0.133. The Balaban J connectivity index is 1.47. The zero-order valence-electron chi connectivity index (χ0n) is 18.9. The summed E-state index contributed by atoms with van der Waals surface area (Å²) in [5, 5.41) is 10.3. The monoisotopic (exact) mass is 441 g/mol. The van der Waals surface area contributed by atoms with Gasteiger partial charge in [0.15, 0.2) is 5.69 Å². The van der Waals surface area contributed by atoms with Crippen molar-refractivity contribution < 1.29 is 18.8 Å². The molecule has 172 valence electrons. The third-order valence-electron chi connectivity index (χ3n) is 6.63. The second-order valence-corrected chi connectivity index (χ2v) is 9.07. The Hall–Kier alpha value is -3.10. The van der Waals surface area contributed by atoms with Gasteiger partial charge in [0, 0.05) is 19.2 Å². The molecule has 0 spiro atoms. The van der Waals surface area contributed by atoms with Crippen LogP contribution >= 0.6 is 0 Å². The standard InChI is InChI=1S/C23H31N5O4/c1-15-10-11-17(32-15)13-24-20(29)18-12-19-21(30)27(3)23(2,14-28(19)26-18)22(31)25-16-8-6-4-5-7-9-16/h10-12,16H,4-9,13-14H2,1-3H3,(H,24,29)(H,25,31). The Bertz CT molecular complexity index is 1020. The van der Waals surface area contributed by atoms with Crippen LogP contribution in [-0.4, -0.2) is 51.0 Å². The van der Waals surface area contributed by atoms with E-state index >= 15 is 0 Å². The maximum absolute atomic E-state index is 13.2. The van der Waals surface area contributed by atoms with E-state index in [0.29, 0.717) is 11.5 Å². The summed E-state index contributed by atoms with van der Waals surface area (Å²) in [7, 11) is 1.63. The minimum atomic E-state index is -1.08. The first-order valence-corrected chi connectivity index (χ1v) is 11.3. The van der Waals surface area contributed by atoms with Crippen molar-refractivity contribution in [1.82, 2.24) is 25.3 Å². The lowest BCUT2D eigenvalue weighted by Crippen LogP contribution is -2.63. The third-order valence-corrected chi connectivity index (χ3v) is 6.63. The summed E-state index contributed by atoms with van der Waals surface area (Å²) < 4.78 is 6.93. The third kappa shape index (κ3) is 4.28. The molecule has 1 fully saturated rings. The summed E-state index contributed by atoms with van der Waals surface area (Å²) in [6.45, 7) is 4.00. The number of aryl methyl sites for hydroxylation is 1. The van der Waals surface area contributed by atoms with Crippen LogP contribution in [0.2, 0.25) is 0 Å². The number of furan rings is 1. The highest BCUT2D eigenvalue weighted by Crippen LogP contribution is 2.27. The summed E-state index contributed by atoms with van der Waals surface area (Å²) >= 11 is 0. The van der Waals surface area contributed by atoms with Crippen LogP contribution in [0.1, 0.15) is 77.9 Å². The Morgan fingerprint density at radius 1 is 1.22 bits per heavy atom. The number of fused-ring (bicyclic) bond motifs is 1. The van der Waals surface area contributed by atoms with Gasteiger partial charge in [0.2, 0.25) is 5.91 Å². The molecule has 3 amide bonds. The minimum absolute atomic E-state index is 0.135. The van der Waals surface area contributed by atoms with E-state index in [2.05, 4.69) is 15.7 Å². The molecule has 9 heteroatoms. The minimum Gasteiger partial charge on any atom is -0.465 e. The topological polar surface area (TPSA) is 109 Å². The van der Waals surface area contributed by atoms with E-state index in [-0.39, 0.29) is 36.6 Å². The van der Waals surface area contributed by atoms with Crippen LogP contribution < -0.4 is 10.6 Å². The molecule has 2 aliphatic rings. The molecule has 1 saturated carbocycles. The van der Waals surface area contributed by atoms with Crippen molar-refractivity contribution in [1.29, 1.82) is 0 Å². The van der Waals surface area contributed by atoms with Gasteiger partial charge in [-0.2, -0.15) is 5.10 Å². The Morgan fingerprint density at radius 2 is 1.94 bits per heavy atom. The summed E-state index contributed by atoms with van der Waals surface area (Å²) in [6, 6.07) is 5.23. The number of aromatic nitrogens is 2. The molecule has 2 N–H and O–H groups in total. The Labute approximate surface area is 187 Å². The lowest BCUT2D eigenvalue weighted by atomic mass is 9.95. The second kappa shape index (κ2) is 8.80. The van der Waals surface area contributed by atoms with Gasteiger partial charge in [-0.1, -0.05) is 25.7 Å².